The van der Waals surface area contributed by atoms with Crippen LogP contribution in [0.1, 0.15) is 31.2 Å². The third-order valence-corrected chi connectivity index (χ3v) is 3.00. The highest BCUT2D eigenvalue weighted by molar-refractivity contribution is 5.46. The molecule has 1 heterocycles. The SMILES string of the molecule is CCNCc1cccc(OC)c1OCc1nnc(CC)o1. The van der Waals surface area contributed by atoms with E-state index in [9.17, 15) is 0 Å². The van der Waals surface area contributed by atoms with Gasteiger partial charge in [0.05, 0.1) is 7.11 Å². The Bertz CT molecular complexity index is 569. The second-order valence-corrected chi connectivity index (χ2v) is 4.46. The summed E-state index contributed by atoms with van der Waals surface area (Å²) < 4.78 is 16.6. The molecule has 2 rings (SSSR count). The predicted molar refractivity (Wildman–Crippen MR) is 78.4 cm³/mol. The van der Waals surface area contributed by atoms with E-state index in [1.807, 2.05) is 25.1 Å². The van der Waals surface area contributed by atoms with Crippen molar-refractivity contribution < 1.29 is 13.9 Å². The topological polar surface area (TPSA) is 69.4 Å². The first kappa shape index (κ1) is 15.3. The summed E-state index contributed by atoms with van der Waals surface area (Å²) in [4.78, 5) is 0. The molecule has 1 N–H and O–H groups in total. The Balaban J connectivity index is 2.12. The van der Waals surface area contributed by atoms with Crippen molar-refractivity contribution in [3.63, 3.8) is 0 Å². The van der Waals surface area contributed by atoms with E-state index >= 15 is 0 Å². The van der Waals surface area contributed by atoms with Crippen molar-refractivity contribution in [1.29, 1.82) is 0 Å². The number of benzene rings is 1. The molecule has 6 nitrogen and oxygen atoms in total. The highest BCUT2D eigenvalue weighted by Gasteiger charge is 2.12. The van der Waals surface area contributed by atoms with Gasteiger partial charge in [-0.1, -0.05) is 26.0 Å². The molecule has 0 bridgehead atoms. The summed E-state index contributed by atoms with van der Waals surface area (Å²) in [6.07, 6.45) is 0.716. The summed E-state index contributed by atoms with van der Waals surface area (Å²) >= 11 is 0. The molecule has 0 saturated heterocycles. The summed E-state index contributed by atoms with van der Waals surface area (Å²) in [5, 5.41) is 11.2. The van der Waals surface area contributed by atoms with Crippen molar-refractivity contribution in [1.82, 2.24) is 15.5 Å². The van der Waals surface area contributed by atoms with Gasteiger partial charge in [-0.2, -0.15) is 0 Å². The Labute approximate surface area is 124 Å². The highest BCUT2D eigenvalue weighted by atomic mass is 16.5. The van der Waals surface area contributed by atoms with E-state index in [0.717, 1.165) is 12.1 Å². The maximum atomic E-state index is 5.84. The largest absolute Gasteiger partial charge is 0.493 e. The number of aryl methyl sites for hydroxylation is 1. The predicted octanol–water partition coefficient (Wildman–Crippen LogP) is 2.33. The second-order valence-electron chi connectivity index (χ2n) is 4.46. The van der Waals surface area contributed by atoms with Gasteiger partial charge in [-0.15, -0.1) is 10.2 Å². The van der Waals surface area contributed by atoms with Gasteiger partial charge < -0.3 is 19.2 Å². The molecule has 0 aliphatic heterocycles. The Kier molecular flexibility index (Phi) is 5.57. The van der Waals surface area contributed by atoms with Crippen molar-refractivity contribution in [2.45, 2.75) is 33.4 Å². The van der Waals surface area contributed by atoms with Gasteiger partial charge in [0.1, 0.15) is 0 Å². The van der Waals surface area contributed by atoms with Crippen LogP contribution in [-0.4, -0.2) is 23.9 Å². The van der Waals surface area contributed by atoms with E-state index in [1.54, 1.807) is 7.11 Å². The monoisotopic (exact) mass is 291 g/mol. The third-order valence-electron chi connectivity index (χ3n) is 3.00. The first-order valence-corrected chi connectivity index (χ1v) is 7.09. The van der Waals surface area contributed by atoms with E-state index < -0.39 is 0 Å². The Hall–Kier alpha value is -2.08. The van der Waals surface area contributed by atoms with Crippen molar-refractivity contribution >= 4 is 0 Å². The second kappa shape index (κ2) is 7.64. The fourth-order valence-electron chi connectivity index (χ4n) is 1.91. The fourth-order valence-corrected chi connectivity index (χ4v) is 1.91. The van der Waals surface area contributed by atoms with Gasteiger partial charge in [0.15, 0.2) is 18.1 Å². The van der Waals surface area contributed by atoms with Crippen molar-refractivity contribution in [2.24, 2.45) is 0 Å². The summed E-state index contributed by atoms with van der Waals surface area (Å²) in [6, 6.07) is 5.82. The zero-order valence-corrected chi connectivity index (χ0v) is 12.7. The number of hydrogen-bond acceptors (Lipinski definition) is 6. The Morgan fingerprint density at radius 1 is 1.19 bits per heavy atom. The van der Waals surface area contributed by atoms with Crippen molar-refractivity contribution in [2.75, 3.05) is 13.7 Å². The summed E-state index contributed by atoms with van der Waals surface area (Å²) in [5.74, 6) is 2.48. The molecule has 6 heteroatoms. The zero-order valence-electron chi connectivity index (χ0n) is 12.7. The lowest BCUT2D eigenvalue weighted by Gasteiger charge is -2.14. The molecule has 0 saturated carbocycles. The highest BCUT2D eigenvalue weighted by Crippen LogP contribution is 2.31. The van der Waals surface area contributed by atoms with E-state index in [-0.39, 0.29) is 6.61 Å². The van der Waals surface area contributed by atoms with Crippen LogP contribution in [-0.2, 0) is 19.6 Å². The van der Waals surface area contributed by atoms with Crippen LogP contribution in [0.2, 0.25) is 0 Å². The summed E-state index contributed by atoms with van der Waals surface area (Å²) in [6.45, 7) is 5.86. The minimum atomic E-state index is 0.229. The van der Waals surface area contributed by atoms with E-state index in [0.29, 0.717) is 36.2 Å². The Morgan fingerprint density at radius 3 is 2.67 bits per heavy atom. The number of para-hydroxylation sites is 1. The van der Waals surface area contributed by atoms with Crippen LogP contribution in [0.4, 0.5) is 0 Å². The number of nitrogens with one attached hydrogen (secondary N) is 1. The minimum absolute atomic E-state index is 0.229. The van der Waals surface area contributed by atoms with Gasteiger partial charge in [0.25, 0.3) is 5.89 Å². The lowest BCUT2D eigenvalue weighted by atomic mass is 10.2. The standard InChI is InChI=1S/C15H21N3O3/c1-4-13-17-18-14(21-13)10-20-15-11(9-16-5-2)7-6-8-12(15)19-3/h6-8,16H,4-5,9-10H2,1-3H3. The molecular weight excluding hydrogens is 270 g/mol. The van der Waals surface area contributed by atoms with Gasteiger partial charge in [0, 0.05) is 18.5 Å². The number of hydrogen-bond donors (Lipinski definition) is 1. The maximum Gasteiger partial charge on any atom is 0.253 e. The van der Waals surface area contributed by atoms with E-state index in [2.05, 4.69) is 22.4 Å². The van der Waals surface area contributed by atoms with Crippen LogP contribution in [0.5, 0.6) is 11.5 Å². The number of methoxy groups -OCH3 is 1. The molecule has 0 spiro atoms. The average molecular weight is 291 g/mol. The zero-order chi connectivity index (χ0) is 15.1. The van der Waals surface area contributed by atoms with Gasteiger partial charge in [0.2, 0.25) is 5.89 Å². The van der Waals surface area contributed by atoms with Crippen LogP contribution in [0.15, 0.2) is 22.6 Å². The van der Waals surface area contributed by atoms with E-state index in [4.69, 9.17) is 13.9 Å². The molecule has 0 aliphatic carbocycles. The smallest absolute Gasteiger partial charge is 0.253 e. The molecule has 0 aliphatic rings. The lowest BCUT2D eigenvalue weighted by Crippen LogP contribution is -2.13. The molecule has 114 valence electrons. The molecule has 21 heavy (non-hydrogen) atoms. The first-order chi connectivity index (χ1) is 10.3. The van der Waals surface area contributed by atoms with Gasteiger partial charge in [-0.25, -0.2) is 0 Å². The van der Waals surface area contributed by atoms with Gasteiger partial charge in [-0.05, 0) is 12.6 Å². The lowest BCUT2D eigenvalue weighted by molar-refractivity contribution is 0.244. The number of nitrogens with zero attached hydrogens (tertiary/aromatic N) is 2. The van der Waals surface area contributed by atoms with Crippen LogP contribution in [0, 0.1) is 0 Å². The molecule has 0 unspecified atom stereocenters. The normalized spacial score (nSPS) is 10.6. The van der Waals surface area contributed by atoms with Gasteiger partial charge in [-0.3, -0.25) is 0 Å². The third kappa shape index (κ3) is 3.95. The molecule has 0 radical (unpaired) electrons. The molecule has 2 aromatic rings. The van der Waals surface area contributed by atoms with E-state index in [1.165, 1.54) is 0 Å². The number of aromatic nitrogens is 2. The first-order valence-electron chi connectivity index (χ1n) is 7.09. The fraction of sp³-hybridized carbons (Fsp3) is 0.467. The van der Waals surface area contributed by atoms with Crippen molar-refractivity contribution in [3.8, 4) is 11.5 Å². The molecule has 0 atom stereocenters. The molecule has 0 fully saturated rings. The molecule has 1 aromatic carbocycles. The summed E-state index contributed by atoms with van der Waals surface area (Å²) in [7, 11) is 1.63. The average Bonchev–Trinajstić information content (AvgIpc) is 2.99. The number of rotatable bonds is 8. The summed E-state index contributed by atoms with van der Waals surface area (Å²) in [5.41, 5.74) is 1.03. The van der Waals surface area contributed by atoms with Crippen molar-refractivity contribution in [3.05, 3.63) is 35.5 Å². The quantitative estimate of drug-likeness (QED) is 0.805. The van der Waals surface area contributed by atoms with Crippen LogP contribution < -0.4 is 14.8 Å². The molecular formula is C15H21N3O3. The maximum absolute atomic E-state index is 5.84. The van der Waals surface area contributed by atoms with Gasteiger partial charge >= 0.3 is 0 Å². The molecule has 1 aromatic heterocycles. The molecule has 0 amide bonds. The van der Waals surface area contributed by atoms with Crippen LogP contribution in [0.25, 0.3) is 0 Å². The number of ether oxygens (including phenoxy) is 2. The van der Waals surface area contributed by atoms with Crippen LogP contribution >= 0.6 is 0 Å². The Morgan fingerprint density at radius 2 is 2.00 bits per heavy atom. The minimum Gasteiger partial charge on any atom is -0.493 e. The van der Waals surface area contributed by atoms with Crippen LogP contribution in [0.3, 0.4) is 0 Å².